The summed E-state index contributed by atoms with van der Waals surface area (Å²) >= 11 is 7.46. The lowest BCUT2D eigenvalue weighted by molar-refractivity contribution is -0.123. The van der Waals surface area contributed by atoms with Gasteiger partial charge in [-0.1, -0.05) is 31.9 Å². The number of amides is 2. The van der Waals surface area contributed by atoms with Crippen LogP contribution in [0.4, 0.5) is 11.4 Å². The van der Waals surface area contributed by atoms with Gasteiger partial charge in [0.15, 0.2) is 0 Å². The highest BCUT2D eigenvalue weighted by atomic mass is 79.9. The molecule has 2 aliphatic carbocycles. The summed E-state index contributed by atoms with van der Waals surface area (Å²) in [5.74, 6) is 0.187. The van der Waals surface area contributed by atoms with Crippen molar-refractivity contribution in [2.75, 3.05) is 22.9 Å². The largest absolute Gasteiger partial charge is 0.372 e. The number of hydrogen-bond donors (Lipinski definition) is 0. The van der Waals surface area contributed by atoms with Crippen molar-refractivity contribution in [2.24, 2.45) is 23.7 Å². The van der Waals surface area contributed by atoms with E-state index in [1.165, 1.54) is 4.90 Å². The van der Waals surface area contributed by atoms with Gasteiger partial charge in [-0.05, 0) is 56.4 Å². The molecule has 1 heterocycles. The van der Waals surface area contributed by atoms with Crippen molar-refractivity contribution in [3.63, 3.8) is 0 Å². The average Bonchev–Trinajstić information content (AvgIpc) is 3.22. The molecule has 0 N–H and O–H groups in total. The van der Waals surface area contributed by atoms with E-state index in [1.54, 1.807) is 0 Å². The molecule has 2 amide bonds. The maximum Gasteiger partial charge on any atom is 0.238 e. The van der Waals surface area contributed by atoms with E-state index >= 15 is 0 Å². The molecule has 0 unspecified atom stereocenters. The molecule has 6 heteroatoms. The van der Waals surface area contributed by atoms with Crippen molar-refractivity contribution in [3.8, 4) is 0 Å². The second-order valence-corrected chi connectivity index (χ2v) is 9.32. The van der Waals surface area contributed by atoms with E-state index < -0.39 is 0 Å². The van der Waals surface area contributed by atoms with E-state index in [0.717, 1.165) is 25.2 Å². The second-order valence-electron chi connectivity index (χ2n) is 7.20. The number of rotatable bonds is 4. The summed E-state index contributed by atoms with van der Waals surface area (Å²) in [6.45, 7) is 6.11. The number of halogens is 2. The van der Waals surface area contributed by atoms with Gasteiger partial charge in [-0.3, -0.25) is 14.5 Å². The molecule has 4 rings (SSSR count). The monoisotopic (exact) mass is 468 g/mol. The SMILES string of the molecule is CCN(CC)c1ccc(N2C(=O)[C@@H]3[C@H]4C[C@@H]([C@H](Br)[C@H]4Br)[C@H]3C2=O)cc1. The van der Waals surface area contributed by atoms with Crippen molar-refractivity contribution in [3.05, 3.63) is 24.3 Å². The normalized spacial score (nSPS) is 36.2. The Morgan fingerprint density at radius 2 is 1.44 bits per heavy atom. The zero-order chi connectivity index (χ0) is 17.9. The number of nitrogens with zero attached hydrogens (tertiary/aromatic N) is 2. The number of carbonyl (C=O) groups is 2. The van der Waals surface area contributed by atoms with Gasteiger partial charge in [-0.25, -0.2) is 0 Å². The second kappa shape index (κ2) is 6.38. The summed E-state index contributed by atoms with van der Waals surface area (Å²) in [6, 6.07) is 7.83. The third-order valence-corrected chi connectivity index (χ3v) is 9.43. The number of anilines is 2. The predicted octanol–water partition coefficient (Wildman–Crippen LogP) is 3.82. The van der Waals surface area contributed by atoms with Crippen LogP contribution in [0.3, 0.4) is 0 Å². The maximum atomic E-state index is 13.0. The van der Waals surface area contributed by atoms with Crippen LogP contribution in [0.1, 0.15) is 20.3 Å². The van der Waals surface area contributed by atoms with Gasteiger partial charge in [0.25, 0.3) is 0 Å². The first-order valence-electron chi connectivity index (χ1n) is 9.00. The molecular weight excluding hydrogens is 448 g/mol. The zero-order valence-corrected chi connectivity index (χ0v) is 17.5. The summed E-state index contributed by atoms with van der Waals surface area (Å²) in [5.41, 5.74) is 1.83. The molecule has 134 valence electrons. The van der Waals surface area contributed by atoms with Crippen LogP contribution in [-0.2, 0) is 9.59 Å². The van der Waals surface area contributed by atoms with Gasteiger partial charge < -0.3 is 4.90 Å². The first kappa shape index (κ1) is 17.5. The molecule has 6 atom stereocenters. The molecule has 0 radical (unpaired) electrons. The molecule has 1 aromatic rings. The third kappa shape index (κ3) is 2.43. The Kier molecular flexibility index (Phi) is 4.47. The minimum Gasteiger partial charge on any atom is -0.372 e. The van der Waals surface area contributed by atoms with Crippen molar-refractivity contribution in [2.45, 2.75) is 29.9 Å². The fourth-order valence-electron chi connectivity index (χ4n) is 5.00. The number of carbonyl (C=O) groups excluding carboxylic acids is 2. The fraction of sp³-hybridized carbons (Fsp3) is 0.579. The Hall–Kier alpha value is -0.880. The quantitative estimate of drug-likeness (QED) is 0.497. The summed E-state index contributed by atoms with van der Waals surface area (Å²) in [4.78, 5) is 30.3. The van der Waals surface area contributed by atoms with E-state index in [9.17, 15) is 9.59 Å². The highest BCUT2D eigenvalue weighted by Gasteiger charge is 2.66. The first-order chi connectivity index (χ1) is 12.0. The van der Waals surface area contributed by atoms with Gasteiger partial charge in [0.1, 0.15) is 0 Å². The van der Waals surface area contributed by atoms with Crippen LogP contribution in [0, 0.1) is 23.7 Å². The van der Waals surface area contributed by atoms with Crippen molar-refractivity contribution in [1.29, 1.82) is 0 Å². The van der Waals surface area contributed by atoms with E-state index in [0.29, 0.717) is 5.69 Å². The topological polar surface area (TPSA) is 40.6 Å². The Labute approximate surface area is 165 Å². The van der Waals surface area contributed by atoms with Gasteiger partial charge in [0.05, 0.1) is 17.5 Å². The van der Waals surface area contributed by atoms with Crippen LogP contribution in [0.15, 0.2) is 24.3 Å². The summed E-state index contributed by atoms with van der Waals surface area (Å²) in [7, 11) is 0. The fourth-order valence-corrected chi connectivity index (χ4v) is 6.88. The molecule has 2 saturated carbocycles. The lowest BCUT2D eigenvalue weighted by Crippen LogP contribution is -2.37. The molecule has 0 aromatic heterocycles. The van der Waals surface area contributed by atoms with Crippen molar-refractivity contribution >= 4 is 55.0 Å². The van der Waals surface area contributed by atoms with Crippen molar-refractivity contribution < 1.29 is 9.59 Å². The van der Waals surface area contributed by atoms with Crippen molar-refractivity contribution in [1.82, 2.24) is 0 Å². The molecule has 0 spiro atoms. The number of hydrogen-bond acceptors (Lipinski definition) is 3. The highest BCUT2D eigenvalue weighted by Crippen LogP contribution is 2.60. The number of fused-ring (bicyclic) bond motifs is 5. The molecule has 25 heavy (non-hydrogen) atoms. The van der Waals surface area contributed by atoms with Crippen LogP contribution < -0.4 is 9.80 Å². The van der Waals surface area contributed by atoms with Gasteiger partial charge in [-0.15, -0.1) is 0 Å². The van der Waals surface area contributed by atoms with Crippen LogP contribution in [0.5, 0.6) is 0 Å². The van der Waals surface area contributed by atoms with E-state index in [1.807, 2.05) is 24.3 Å². The van der Waals surface area contributed by atoms with E-state index in [2.05, 4.69) is 50.6 Å². The van der Waals surface area contributed by atoms with Crippen LogP contribution in [-0.4, -0.2) is 34.6 Å². The molecule has 3 aliphatic rings. The molecular formula is C19H22Br2N2O2. The van der Waals surface area contributed by atoms with Crippen LogP contribution >= 0.6 is 31.9 Å². The average molecular weight is 470 g/mol. The van der Waals surface area contributed by atoms with Gasteiger partial charge >= 0.3 is 0 Å². The molecule has 1 saturated heterocycles. The van der Waals surface area contributed by atoms with E-state index in [-0.39, 0.29) is 45.1 Å². The van der Waals surface area contributed by atoms with Gasteiger partial charge in [-0.2, -0.15) is 0 Å². The Balaban J connectivity index is 1.62. The smallest absolute Gasteiger partial charge is 0.238 e. The summed E-state index contributed by atoms with van der Waals surface area (Å²) < 4.78 is 0. The Morgan fingerprint density at radius 1 is 0.960 bits per heavy atom. The maximum absolute atomic E-state index is 13.0. The Morgan fingerprint density at radius 3 is 1.88 bits per heavy atom. The van der Waals surface area contributed by atoms with Crippen LogP contribution in [0.2, 0.25) is 0 Å². The molecule has 2 bridgehead atoms. The van der Waals surface area contributed by atoms with Crippen LogP contribution in [0.25, 0.3) is 0 Å². The molecule has 1 aliphatic heterocycles. The molecule has 4 nitrogen and oxygen atoms in total. The predicted molar refractivity (Wildman–Crippen MR) is 107 cm³/mol. The number of imide groups is 1. The minimum absolute atomic E-state index is 0.0121. The third-order valence-electron chi connectivity index (χ3n) is 6.22. The highest BCUT2D eigenvalue weighted by molar-refractivity contribution is 9.12. The lowest BCUT2D eigenvalue weighted by Gasteiger charge is -2.28. The molecule has 3 fully saturated rings. The number of benzene rings is 1. The minimum atomic E-state index is -0.155. The zero-order valence-electron chi connectivity index (χ0n) is 14.4. The van der Waals surface area contributed by atoms with Gasteiger partial charge in [0, 0.05) is 28.4 Å². The lowest BCUT2D eigenvalue weighted by atomic mass is 9.81. The summed E-state index contributed by atoms with van der Waals surface area (Å²) in [6.07, 6.45) is 0.966. The number of alkyl halides is 2. The first-order valence-corrected chi connectivity index (χ1v) is 10.8. The Bertz CT molecular complexity index is 672. The standard InChI is InChI=1S/C19H22Br2N2O2/c1-3-22(4-2)10-5-7-11(8-6-10)23-18(24)14-12-9-13(15(14)19(23)25)17(21)16(12)20/h5-8,12-17H,3-4,9H2,1-2H3/t12-,13-,14-,15-,16+,17+/m1/s1. The van der Waals surface area contributed by atoms with Gasteiger partial charge in [0.2, 0.25) is 11.8 Å². The summed E-state index contributed by atoms with van der Waals surface area (Å²) in [5, 5.41) is 0. The van der Waals surface area contributed by atoms with E-state index in [4.69, 9.17) is 0 Å². The molecule has 1 aromatic carbocycles.